The Bertz CT molecular complexity index is 638. The van der Waals surface area contributed by atoms with Gasteiger partial charge in [0.2, 0.25) is 0 Å². The number of halogens is 1. The lowest BCUT2D eigenvalue weighted by Gasteiger charge is -2.10. The van der Waals surface area contributed by atoms with E-state index in [0.29, 0.717) is 16.9 Å². The Kier molecular flexibility index (Phi) is 4.55. The SMILES string of the molecule is Cc1cc(C(=O)c2cncc(OC(C)C)c2)ccc1Br. The van der Waals surface area contributed by atoms with Crippen molar-refractivity contribution in [2.45, 2.75) is 26.9 Å². The molecule has 0 bridgehead atoms. The number of carbonyl (C=O) groups excluding carboxylic acids is 1. The van der Waals surface area contributed by atoms with Crippen molar-refractivity contribution in [3.63, 3.8) is 0 Å². The molecule has 1 aromatic heterocycles. The number of rotatable bonds is 4. The number of aryl methyl sites for hydroxylation is 1. The van der Waals surface area contributed by atoms with E-state index < -0.39 is 0 Å². The third kappa shape index (κ3) is 3.45. The first-order valence-electron chi connectivity index (χ1n) is 6.40. The van der Waals surface area contributed by atoms with Crippen LogP contribution in [0.15, 0.2) is 41.1 Å². The van der Waals surface area contributed by atoms with Crippen molar-refractivity contribution in [3.05, 3.63) is 57.8 Å². The summed E-state index contributed by atoms with van der Waals surface area (Å²) < 4.78 is 6.55. The summed E-state index contributed by atoms with van der Waals surface area (Å²) in [6, 6.07) is 7.27. The number of pyridine rings is 1. The quantitative estimate of drug-likeness (QED) is 0.788. The van der Waals surface area contributed by atoms with Gasteiger partial charge in [0.25, 0.3) is 0 Å². The first kappa shape index (κ1) is 14.7. The molecule has 0 spiro atoms. The Morgan fingerprint density at radius 3 is 2.60 bits per heavy atom. The number of carbonyl (C=O) groups is 1. The normalized spacial score (nSPS) is 10.7. The molecule has 0 atom stereocenters. The Morgan fingerprint density at radius 1 is 1.20 bits per heavy atom. The van der Waals surface area contributed by atoms with Crippen LogP contribution in [0, 0.1) is 6.92 Å². The van der Waals surface area contributed by atoms with Gasteiger partial charge >= 0.3 is 0 Å². The van der Waals surface area contributed by atoms with Gasteiger partial charge < -0.3 is 4.74 Å². The molecule has 2 aromatic rings. The molecule has 104 valence electrons. The summed E-state index contributed by atoms with van der Waals surface area (Å²) in [6.07, 6.45) is 3.23. The molecule has 1 aromatic carbocycles. The van der Waals surface area contributed by atoms with Gasteiger partial charge in [0.15, 0.2) is 5.78 Å². The summed E-state index contributed by atoms with van der Waals surface area (Å²) >= 11 is 3.43. The molecule has 4 heteroatoms. The third-order valence-corrected chi connectivity index (χ3v) is 3.66. The fourth-order valence-electron chi connectivity index (χ4n) is 1.83. The second kappa shape index (κ2) is 6.18. The summed E-state index contributed by atoms with van der Waals surface area (Å²) in [5, 5.41) is 0. The molecule has 0 radical (unpaired) electrons. The first-order valence-corrected chi connectivity index (χ1v) is 7.19. The molecule has 0 unspecified atom stereocenters. The zero-order chi connectivity index (χ0) is 14.7. The minimum Gasteiger partial charge on any atom is -0.489 e. The minimum absolute atomic E-state index is 0.0528. The number of nitrogens with zero attached hydrogens (tertiary/aromatic N) is 1. The lowest BCUT2D eigenvalue weighted by Crippen LogP contribution is -2.08. The van der Waals surface area contributed by atoms with Gasteiger partial charge in [-0.15, -0.1) is 0 Å². The topological polar surface area (TPSA) is 39.2 Å². The molecule has 0 aliphatic rings. The molecule has 0 aliphatic carbocycles. The van der Waals surface area contributed by atoms with Crippen LogP contribution in [0.4, 0.5) is 0 Å². The Balaban J connectivity index is 2.30. The van der Waals surface area contributed by atoms with E-state index in [0.717, 1.165) is 10.0 Å². The zero-order valence-corrected chi connectivity index (χ0v) is 13.3. The van der Waals surface area contributed by atoms with E-state index in [-0.39, 0.29) is 11.9 Å². The predicted molar refractivity (Wildman–Crippen MR) is 82.3 cm³/mol. The number of hydrogen-bond acceptors (Lipinski definition) is 3. The maximum Gasteiger partial charge on any atom is 0.194 e. The maximum absolute atomic E-state index is 12.4. The molecule has 20 heavy (non-hydrogen) atoms. The smallest absolute Gasteiger partial charge is 0.194 e. The largest absolute Gasteiger partial charge is 0.489 e. The first-order chi connectivity index (χ1) is 9.47. The number of ether oxygens (including phenoxy) is 1. The van der Waals surface area contributed by atoms with Crippen molar-refractivity contribution in [2.75, 3.05) is 0 Å². The summed E-state index contributed by atoms with van der Waals surface area (Å²) in [4.78, 5) is 16.5. The standard InChI is InChI=1S/C16H16BrNO2/c1-10(2)20-14-7-13(8-18-9-14)16(19)12-4-5-15(17)11(3)6-12/h4-10H,1-3H3. The van der Waals surface area contributed by atoms with Crippen LogP contribution >= 0.6 is 15.9 Å². The fourth-order valence-corrected chi connectivity index (χ4v) is 2.08. The molecule has 1 heterocycles. The second-order valence-corrected chi connectivity index (χ2v) is 5.72. The molecular formula is C16H16BrNO2. The Morgan fingerprint density at radius 2 is 1.95 bits per heavy atom. The van der Waals surface area contributed by atoms with Gasteiger partial charge in [-0.1, -0.05) is 15.9 Å². The summed E-state index contributed by atoms with van der Waals surface area (Å²) in [6.45, 7) is 5.83. The second-order valence-electron chi connectivity index (χ2n) is 4.87. The molecule has 3 nitrogen and oxygen atoms in total. The van der Waals surface area contributed by atoms with E-state index >= 15 is 0 Å². The lowest BCUT2D eigenvalue weighted by atomic mass is 10.0. The zero-order valence-electron chi connectivity index (χ0n) is 11.7. The van der Waals surface area contributed by atoms with Gasteiger partial charge in [0.1, 0.15) is 5.75 Å². The number of aromatic nitrogens is 1. The molecule has 2 rings (SSSR count). The van der Waals surface area contributed by atoms with Gasteiger partial charge in [-0.05, 0) is 50.6 Å². The van der Waals surface area contributed by atoms with Crippen LogP contribution in [0.2, 0.25) is 0 Å². The van der Waals surface area contributed by atoms with Gasteiger partial charge in [0.05, 0.1) is 12.3 Å². The van der Waals surface area contributed by atoms with Crippen LogP contribution < -0.4 is 4.74 Å². The molecule has 0 aliphatic heterocycles. The van der Waals surface area contributed by atoms with Crippen molar-refractivity contribution in [1.29, 1.82) is 0 Å². The Labute approximate surface area is 127 Å². The van der Waals surface area contributed by atoms with Gasteiger partial charge in [0, 0.05) is 21.8 Å². The summed E-state index contributed by atoms with van der Waals surface area (Å²) in [5.41, 5.74) is 2.21. The van der Waals surface area contributed by atoms with Crippen molar-refractivity contribution < 1.29 is 9.53 Å². The molecule has 0 saturated carbocycles. The monoisotopic (exact) mass is 333 g/mol. The van der Waals surface area contributed by atoms with Crippen LogP contribution in [0.25, 0.3) is 0 Å². The van der Waals surface area contributed by atoms with Crippen LogP contribution in [0.3, 0.4) is 0 Å². The maximum atomic E-state index is 12.4. The molecule has 0 N–H and O–H groups in total. The van der Waals surface area contributed by atoms with Gasteiger partial charge in [-0.25, -0.2) is 0 Å². The number of benzene rings is 1. The highest BCUT2D eigenvalue weighted by Gasteiger charge is 2.12. The van der Waals surface area contributed by atoms with E-state index in [1.807, 2.05) is 32.9 Å². The molecule has 0 saturated heterocycles. The van der Waals surface area contributed by atoms with E-state index in [1.54, 1.807) is 24.5 Å². The van der Waals surface area contributed by atoms with E-state index in [9.17, 15) is 4.79 Å². The summed E-state index contributed by atoms with van der Waals surface area (Å²) in [5.74, 6) is 0.557. The minimum atomic E-state index is -0.0534. The van der Waals surface area contributed by atoms with Crippen molar-refractivity contribution in [3.8, 4) is 5.75 Å². The molecule has 0 fully saturated rings. The van der Waals surface area contributed by atoms with E-state index in [2.05, 4.69) is 20.9 Å². The van der Waals surface area contributed by atoms with Crippen molar-refractivity contribution in [2.24, 2.45) is 0 Å². The molecule has 0 amide bonds. The number of ketones is 1. The highest BCUT2D eigenvalue weighted by molar-refractivity contribution is 9.10. The van der Waals surface area contributed by atoms with Crippen LogP contribution in [-0.2, 0) is 0 Å². The number of hydrogen-bond donors (Lipinski definition) is 0. The average Bonchev–Trinajstić information content (AvgIpc) is 2.40. The third-order valence-electron chi connectivity index (χ3n) is 2.77. The fraction of sp³-hybridized carbons (Fsp3) is 0.250. The van der Waals surface area contributed by atoms with Crippen molar-refractivity contribution >= 4 is 21.7 Å². The van der Waals surface area contributed by atoms with Crippen LogP contribution in [-0.4, -0.2) is 16.9 Å². The van der Waals surface area contributed by atoms with Crippen LogP contribution in [0.5, 0.6) is 5.75 Å². The van der Waals surface area contributed by atoms with Gasteiger partial charge in [-0.3, -0.25) is 9.78 Å². The van der Waals surface area contributed by atoms with E-state index in [1.165, 1.54) is 0 Å². The van der Waals surface area contributed by atoms with Crippen LogP contribution in [0.1, 0.15) is 35.3 Å². The summed E-state index contributed by atoms with van der Waals surface area (Å²) in [7, 11) is 0. The van der Waals surface area contributed by atoms with Crippen molar-refractivity contribution in [1.82, 2.24) is 4.98 Å². The average molecular weight is 334 g/mol. The predicted octanol–water partition coefficient (Wildman–Crippen LogP) is 4.17. The molecular weight excluding hydrogens is 318 g/mol. The van der Waals surface area contributed by atoms with E-state index in [4.69, 9.17) is 4.74 Å². The van der Waals surface area contributed by atoms with Gasteiger partial charge in [-0.2, -0.15) is 0 Å². The highest BCUT2D eigenvalue weighted by Crippen LogP contribution is 2.20. The lowest BCUT2D eigenvalue weighted by molar-refractivity contribution is 0.103. The Hall–Kier alpha value is -1.68. The highest BCUT2D eigenvalue weighted by atomic mass is 79.9.